The van der Waals surface area contributed by atoms with Crippen LogP contribution in [0.3, 0.4) is 0 Å². The minimum absolute atomic E-state index is 0.233. The molecule has 0 aliphatic carbocycles. The Balaban J connectivity index is 1.78. The summed E-state index contributed by atoms with van der Waals surface area (Å²) in [7, 11) is 0. The van der Waals surface area contributed by atoms with Crippen molar-refractivity contribution < 1.29 is 14.3 Å². The van der Waals surface area contributed by atoms with Gasteiger partial charge in [-0.1, -0.05) is 12.2 Å². The molecule has 0 atom stereocenters. The van der Waals surface area contributed by atoms with Gasteiger partial charge in [0.15, 0.2) is 11.5 Å². The molecule has 2 amide bonds. The largest absolute Gasteiger partial charge is 0.454 e. The molecule has 1 aliphatic heterocycles. The number of carbonyl (C=O) groups excluding carboxylic acids is 1. The van der Waals surface area contributed by atoms with E-state index in [4.69, 9.17) is 9.47 Å². The van der Waals surface area contributed by atoms with Gasteiger partial charge in [-0.25, -0.2) is 10.2 Å². The van der Waals surface area contributed by atoms with E-state index in [0.717, 1.165) is 11.1 Å². The van der Waals surface area contributed by atoms with Gasteiger partial charge in [0.1, 0.15) is 0 Å². The molecule has 20 heavy (non-hydrogen) atoms. The second-order valence-corrected chi connectivity index (χ2v) is 4.94. The summed E-state index contributed by atoms with van der Waals surface area (Å²) in [6, 6.07) is 5.04. The van der Waals surface area contributed by atoms with Crippen molar-refractivity contribution in [1.29, 1.82) is 0 Å². The van der Waals surface area contributed by atoms with Gasteiger partial charge in [0.25, 0.3) is 0 Å². The first kappa shape index (κ1) is 14.3. The fourth-order valence-electron chi connectivity index (χ4n) is 1.41. The third kappa shape index (κ3) is 4.20. The Kier molecular flexibility index (Phi) is 4.89. The van der Waals surface area contributed by atoms with Crippen LogP contribution in [0, 0.1) is 0 Å². The Hall–Kier alpha value is -2.15. The number of hydrazone groups is 1. The van der Waals surface area contributed by atoms with Crippen molar-refractivity contribution >= 4 is 24.2 Å². The Labute approximate surface area is 121 Å². The van der Waals surface area contributed by atoms with Gasteiger partial charge < -0.3 is 9.47 Å². The zero-order valence-corrected chi connectivity index (χ0v) is 11.8. The van der Waals surface area contributed by atoms with Crippen molar-refractivity contribution in [2.45, 2.75) is 6.92 Å². The normalized spacial score (nSPS) is 12.4. The lowest BCUT2D eigenvalue weighted by Crippen LogP contribution is -2.27. The molecule has 0 aromatic heterocycles. The number of carbonyl (C=O) groups is 1. The van der Waals surface area contributed by atoms with Crippen LogP contribution in [0.15, 0.2) is 35.5 Å². The molecule has 0 saturated carbocycles. The number of rotatable bonds is 5. The molecule has 1 aliphatic rings. The lowest BCUT2D eigenvalue weighted by molar-refractivity contribution is 0.174. The molecule has 0 fully saturated rings. The Morgan fingerprint density at radius 2 is 2.30 bits per heavy atom. The van der Waals surface area contributed by atoms with Crippen LogP contribution >= 0.6 is 11.9 Å². The van der Waals surface area contributed by atoms with Crippen LogP contribution in [0.1, 0.15) is 12.5 Å². The molecule has 1 heterocycles. The molecule has 2 rings (SSSR count). The van der Waals surface area contributed by atoms with Gasteiger partial charge in [-0.3, -0.25) is 4.72 Å². The van der Waals surface area contributed by atoms with Gasteiger partial charge in [0.2, 0.25) is 6.79 Å². The first-order valence-corrected chi connectivity index (χ1v) is 6.88. The highest BCUT2D eigenvalue weighted by Crippen LogP contribution is 2.31. The van der Waals surface area contributed by atoms with Crippen LogP contribution < -0.4 is 19.6 Å². The van der Waals surface area contributed by atoms with Crippen molar-refractivity contribution in [3.05, 3.63) is 35.9 Å². The molecule has 0 unspecified atom stereocenters. The van der Waals surface area contributed by atoms with Gasteiger partial charge in [-0.05, 0) is 42.6 Å². The van der Waals surface area contributed by atoms with Crippen LogP contribution in [0.25, 0.3) is 0 Å². The molecule has 2 N–H and O–H groups in total. The van der Waals surface area contributed by atoms with Crippen LogP contribution in [0.4, 0.5) is 4.79 Å². The van der Waals surface area contributed by atoms with Crippen molar-refractivity contribution in [2.75, 3.05) is 12.5 Å². The monoisotopic (exact) mass is 293 g/mol. The number of urea groups is 1. The summed E-state index contributed by atoms with van der Waals surface area (Å²) in [5.41, 5.74) is 4.16. The summed E-state index contributed by atoms with van der Waals surface area (Å²) in [5.74, 6) is 2.05. The predicted molar refractivity (Wildman–Crippen MR) is 79.1 cm³/mol. The van der Waals surface area contributed by atoms with Crippen molar-refractivity contribution in [3.63, 3.8) is 0 Å². The SMILES string of the molecule is C=C(C)CSNC(=O)N/N=C/c1ccc2c(c1)OCO2. The molecule has 106 valence electrons. The van der Waals surface area contributed by atoms with E-state index in [1.54, 1.807) is 12.1 Å². The molecular formula is C13H15N3O3S. The Bertz CT molecular complexity index is 546. The van der Waals surface area contributed by atoms with Gasteiger partial charge in [0.05, 0.1) is 6.21 Å². The number of hydrogen-bond acceptors (Lipinski definition) is 5. The molecular weight excluding hydrogens is 278 g/mol. The van der Waals surface area contributed by atoms with E-state index in [2.05, 4.69) is 21.8 Å². The number of amides is 2. The van der Waals surface area contributed by atoms with Crippen molar-refractivity contribution in [3.8, 4) is 11.5 Å². The minimum Gasteiger partial charge on any atom is -0.454 e. The number of hydrogen-bond donors (Lipinski definition) is 2. The average molecular weight is 293 g/mol. The predicted octanol–water partition coefficient (Wildman–Crippen LogP) is 2.27. The average Bonchev–Trinajstić information content (AvgIpc) is 2.85. The van der Waals surface area contributed by atoms with Crippen LogP contribution in [0.2, 0.25) is 0 Å². The standard InChI is InChI=1S/C13H15N3O3S/c1-9(2)7-20-16-13(17)15-14-6-10-3-4-11-12(5-10)19-8-18-11/h3-6H,1,7-8H2,2H3,(H2,15,16,17)/b14-6+. The van der Waals surface area contributed by atoms with Gasteiger partial charge in [0, 0.05) is 5.75 Å². The summed E-state index contributed by atoms with van der Waals surface area (Å²) in [6.45, 7) is 5.86. The maximum atomic E-state index is 11.4. The van der Waals surface area contributed by atoms with Gasteiger partial charge in [-0.2, -0.15) is 5.10 Å². The Morgan fingerprint density at radius 3 is 3.10 bits per heavy atom. The summed E-state index contributed by atoms with van der Waals surface area (Å²) in [4.78, 5) is 11.4. The summed E-state index contributed by atoms with van der Waals surface area (Å²) in [6.07, 6.45) is 1.53. The second-order valence-electron chi connectivity index (χ2n) is 4.16. The quantitative estimate of drug-likeness (QED) is 0.378. The maximum Gasteiger partial charge on any atom is 0.345 e. The fourth-order valence-corrected chi connectivity index (χ4v) is 1.90. The Morgan fingerprint density at radius 1 is 1.50 bits per heavy atom. The van der Waals surface area contributed by atoms with E-state index in [0.29, 0.717) is 17.3 Å². The third-order valence-electron chi connectivity index (χ3n) is 2.26. The summed E-state index contributed by atoms with van der Waals surface area (Å²) < 4.78 is 13.0. The van der Waals surface area contributed by atoms with E-state index in [9.17, 15) is 4.79 Å². The minimum atomic E-state index is -0.381. The number of ether oxygens (including phenoxy) is 2. The van der Waals surface area contributed by atoms with Gasteiger partial charge >= 0.3 is 6.03 Å². The third-order valence-corrected chi connectivity index (χ3v) is 3.23. The smallest absolute Gasteiger partial charge is 0.345 e. The first-order chi connectivity index (χ1) is 9.65. The molecule has 0 radical (unpaired) electrons. The maximum absolute atomic E-state index is 11.4. The van der Waals surface area contributed by atoms with Crippen LogP contribution in [-0.2, 0) is 0 Å². The van der Waals surface area contributed by atoms with Crippen LogP contribution in [-0.4, -0.2) is 24.8 Å². The number of nitrogens with zero attached hydrogens (tertiary/aromatic N) is 1. The van der Waals surface area contributed by atoms with E-state index >= 15 is 0 Å². The highest BCUT2D eigenvalue weighted by Gasteiger charge is 2.12. The second kappa shape index (κ2) is 6.85. The zero-order valence-electron chi connectivity index (χ0n) is 11.0. The first-order valence-electron chi connectivity index (χ1n) is 5.90. The van der Waals surface area contributed by atoms with E-state index in [1.807, 2.05) is 13.0 Å². The van der Waals surface area contributed by atoms with E-state index < -0.39 is 0 Å². The highest BCUT2D eigenvalue weighted by atomic mass is 32.2. The zero-order chi connectivity index (χ0) is 14.4. The molecule has 0 bridgehead atoms. The fraction of sp³-hybridized carbons (Fsp3) is 0.231. The van der Waals surface area contributed by atoms with E-state index in [1.165, 1.54) is 18.2 Å². The molecule has 0 spiro atoms. The number of benzene rings is 1. The highest BCUT2D eigenvalue weighted by molar-refractivity contribution is 7.98. The summed E-state index contributed by atoms with van der Waals surface area (Å²) in [5, 5.41) is 3.85. The van der Waals surface area contributed by atoms with E-state index in [-0.39, 0.29) is 12.8 Å². The molecule has 7 heteroatoms. The summed E-state index contributed by atoms with van der Waals surface area (Å²) >= 11 is 1.26. The molecule has 6 nitrogen and oxygen atoms in total. The topological polar surface area (TPSA) is 72.0 Å². The lowest BCUT2D eigenvalue weighted by Gasteiger charge is -2.02. The van der Waals surface area contributed by atoms with Crippen molar-refractivity contribution in [2.24, 2.45) is 5.10 Å². The lowest BCUT2D eigenvalue weighted by atomic mass is 10.2. The number of fused-ring (bicyclic) bond motifs is 1. The van der Waals surface area contributed by atoms with Gasteiger partial charge in [-0.15, -0.1) is 0 Å². The van der Waals surface area contributed by atoms with Crippen molar-refractivity contribution in [1.82, 2.24) is 10.1 Å². The molecule has 0 saturated heterocycles. The molecule has 1 aromatic carbocycles. The van der Waals surface area contributed by atoms with Crippen LogP contribution in [0.5, 0.6) is 11.5 Å². The number of nitrogens with one attached hydrogen (secondary N) is 2. The molecule has 1 aromatic rings.